The van der Waals surface area contributed by atoms with Crippen molar-refractivity contribution >= 4 is 46.3 Å². The quantitative estimate of drug-likeness (QED) is 0.363. The molecule has 2 aromatic carbocycles. The molecule has 0 radical (unpaired) electrons. The number of phenolic OH excluding ortho intramolecular Hbond substituents is 1. The Balaban J connectivity index is 2.12. The molecule has 29 heavy (non-hydrogen) atoms. The minimum Gasteiger partial charge on any atom is -0.508 e. The van der Waals surface area contributed by atoms with Crippen molar-refractivity contribution in [2.75, 3.05) is 24.8 Å². The van der Waals surface area contributed by atoms with Crippen molar-refractivity contribution in [1.82, 2.24) is 0 Å². The zero-order valence-corrected chi connectivity index (χ0v) is 18.2. The van der Waals surface area contributed by atoms with Gasteiger partial charge in [-0.15, -0.1) is 0 Å². The first-order valence-electron chi connectivity index (χ1n) is 8.74. The number of hydrogen-bond acceptors (Lipinski definition) is 7. The van der Waals surface area contributed by atoms with Gasteiger partial charge < -0.3 is 19.3 Å². The smallest absolute Gasteiger partial charge is 0.412 e. The molecule has 1 amide bonds. The fraction of sp³-hybridized carbons (Fsp3) is 0.300. The predicted octanol–water partition coefficient (Wildman–Crippen LogP) is 4.32. The minimum atomic E-state index is -0.786. The van der Waals surface area contributed by atoms with E-state index in [4.69, 9.17) is 14.2 Å². The van der Waals surface area contributed by atoms with Crippen molar-refractivity contribution < 1.29 is 28.9 Å². The highest BCUT2D eigenvalue weighted by Crippen LogP contribution is 2.28. The topological polar surface area (TPSA) is 94.1 Å². The summed E-state index contributed by atoms with van der Waals surface area (Å²) in [6.07, 6.45) is -1.74. The number of hydrogen-bond donors (Lipinski definition) is 3. The summed E-state index contributed by atoms with van der Waals surface area (Å²) in [7, 11) is 1.48. The number of benzene rings is 2. The molecule has 0 saturated heterocycles. The van der Waals surface area contributed by atoms with E-state index in [0.717, 1.165) is 4.47 Å². The van der Waals surface area contributed by atoms with Crippen LogP contribution in [0.2, 0.25) is 0 Å². The Morgan fingerprint density at radius 3 is 2.38 bits per heavy atom. The second kappa shape index (κ2) is 11.7. The highest BCUT2D eigenvalue weighted by molar-refractivity contribution is 9.10. The molecule has 0 spiro atoms. The maximum atomic E-state index is 12.5. The number of methoxy groups -OCH3 is 1. The summed E-state index contributed by atoms with van der Waals surface area (Å²) < 4.78 is 17.0. The summed E-state index contributed by atoms with van der Waals surface area (Å²) in [5.41, 5.74) is 1.19. The van der Waals surface area contributed by atoms with Gasteiger partial charge in [0.2, 0.25) is 0 Å². The molecule has 9 heteroatoms. The van der Waals surface area contributed by atoms with E-state index in [0.29, 0.717) is 17.7 Å². The van der Waals surface area contributed by atoms with Crippen molar-refractivity contribution in [2.45, 2.75) is 18.6 Å². The van der Waals surface area contributed by atoms with E-state index in [1.54, 1.807) is 36.4 Å². The number of ether oxygens (including phenoxy) is 3. The lowest BCUT2D eigenvalue weighted by atomic mass is 10.0. The van der Waals surface area contributed by atoms with Gasteiger partial charge in [0.05, 0.1) is 12.4 Å². The zero-order chi connectivity index (χ0) is 21.2. The van der Waals surface area contributed by atoms with Crippen LogP contribution in [0.5, 0.6) is 5.75 Å². The van der Waals surface area contributed by atoms with Gasteiger partial charge in [0.25, 0.3) is 0 Å². The minimum absolute atomic E-state index is 0.0227. The number of anilines is 1. The summed E-state index contributed by atoms with van der Waals surface area (Å²) >= 11 is 7.19. The predicted molar refractivity (Wildman–Crippen MR) is 115 cm³/mol. The van der Waals surface area contributed by atoms with Crippen LogP contribution < -0.4 is 5.32 Å². The SMILES string of the molecule is CO[C@@H](CCOC(=O)CS)[C@@H](OC(=O)Nc1ccc(Br)cc1)c1ccc(O)cc1. The lowest BCUT2D eigenvalue weighted by Crippen LogP contribution is -2.29. The molecular weight excluding hydrogens is 462 g/mol. The van der Waals surface area contributed by atoms with Gasteiger partial charge in [0, 0.05) is 23.7 Å². The van der Waals surface area contributed by atoms with Gasteiger partial charge in [-0.25, -0.2) is 4.79 Å². The largest absolute Gasteiger partial charge is 0.508 e. The van der Waals surface area contributed by atoms with E-state index in [1.807, 2.05) is 0 Å². The Morgan fingerprint density at radius 1 is 1.14 bits per heavy atom. The Bertz CT molecular complexity index is 800. The number of carbonyl (C=O) groups is 2. The Morgan fingerprint density at radius 2 is 1.79 bits per heavy atom. The second-order valence-corrected chi connectivity index (χ2v) is 7.22. The molecule has 7 nitrogen and oxygen atoms in total. The van der Waals surface area contributed by atoms with Crippen LogP contribution in [-0.4, -0.2) is 42.7 Å². The van der Waals surface area contributed by atoms with Gasteiger partial charge in [-0.05, 0) is 42.0 Å². The summed E-state index contributed by atoms with van der Waals surface area (Å²) in [5, 5.41) is 12.2. The number of aromatic hydroxyl groups is 1. The molecule has 0 aliphatic carbocycles. The Labute approximate surface area is 182 Å². The first-order valence-corrected chi connectivity index (χ1v) is 10.2. The molecule has 2 N–H and O–H groups in total. The molecule has 0 aliphatic heterocycles. The molecule has 2 aromatic rings. The highest BCUT2D eigenvalue weighted by Gasteiger charge is 2.27. The third-order valence-corrected chi connectivity index (χ3v) is 4.77. The first-order chi connectivity index (χ1) is 13.9. The van der Waals surface area contributed by atoms with Gasteiger partial charge in [0.1, 0.15) is 11.9 Å². The van der Waals surface area contributed by atoms with Crippen molar-refractivity contribution in [1.29, 1.82) is 0 Å². The van der Waals surface area contributed by atoms with Crippen LogP contribution in [0.3, 0.4) is 0 Å². The average molecular weight is 484 g/mol. The molecule has 0 aliphatic rings. The number of esters is 1. The Kier molecular flexibility index (Phi) is 9.30. The number of nitrogens with one attached hydrogen (secondary N) is 1. The molecule has 0 unspecified atom stereocenters. The van der Waals surface area contributed by atoms with Crippen LogP contribution in [-0.2, 0) is 19.0 Å². The monoisotopic (exact) mass is 483 g/mol. The number of carbonyl (C=O) groups excluding carboxylic acids is 2. The highest BCUT2D eigenvalue weighted by atomic mass is 79.9. The fourth-order valence-corrected chi connectivity index (χ4v) is 2.90. The van der Waals surface area contributed by atoms with E-state index in [-0.39, 0.29) is 18.1 Å². The lowest BCUT2D eigenvalue weighted by molar-refractivity contribution is -0.141. The van der Waals surface area contributed by atoms with Crippen LogP contribution in [0.4, 0.5) is 10.5 Å². The van der Waals surface area contributed by atoms with Crippen molar-refractivity contribution in [2.24, 2.45) is 0 Å². The van der Waals surface area contributed by atoms with Gasteiger partial charge in [-0.1, -0.05) is 28.1 Å². The number of amides is 1. The lowest BCUT2D eigenvalue weighted by Gasteiger charge is -2.26. The number of phenols is 1. The van der Waals surface area contributed by atoms with E-state index in [1.165, 1.54) is 19.2 Å². The molecule has 0 bridgehead atoms. The third kappa shape index (κ3) is 7.60. The van der Waals surface area contributed by atoms with E-state index in [2.05, 4.69) is 33.9 Å². The van der Waals surface area contributed by atoms with Gasteiger partial charge >= 0.3 is 12.1 Å². The molecule has 156 valence electrons. The molecule has 2 rings (SSSR count). The van der Waals surface area contributed by atoms with E-state index in [9.17, 15) is 14.7 Å². The molecule has 2 atom stereocenters. The van der Waals surface area contributed by atoms with Crippen molar-refractivity contribution in [3.05, 3.63) is 58.6 Å². The van der Waals surface area contributed by atoms with Crippen LogP contribution in [0.1, 0.15) is 18.1 Å². The number of thiol groups is 1. The normalized spacial score (nSPS) is 12.7. The summed E-state index contributed by atoms with van der Waals surface area (Å²) in [4.78, 5) is 23.7. The zero-order valence-electron chi connectivity index (χ0n) is 15.7. The van der Waals surface area contributed by atoms with E-state index >= 15 is 0 Å². The third-order valence-electron chi connectivity index (χ3n) is 3.98. The van der Waals surface area contributed by atoms with Gasteiger partial charge in [-0.2, -0.15) is 12.6 Å². The first kappa shape index (κ1) is 23.1. The van der Waals surface area contributed by atoms with Gasteiger partial charge in [-0.3, -0.25) is 10.1 Å². The molecule has 0 fully saturated rings. The standard InChI is InChI=1S/C20H22BrNO6S/c1-26-17(10-11-27-18(24)12-29)19(13-2-8-16(23)9-3-13)28-20(25)22-15-6-4-14(21)5-7-15/h2-9,17,19,23,29H,10-12H2,1H3,(H,22,25)/t17-,19-/m0/s1. The van der Waals surface area contributed by atoms with E-state index < -0.39 is 24.3 Å². The number of rotatable bonds is 9. The van der Waals surface area contributed by atoms with Crippen molar-refractivity contribution in [3.63, 3.8) is 0 Å². The molecule has 0 saturated carbocycles. The summed E-state index contributed by atoms with van der Waals surface area (Å²) in [6.45, 7) is 0.0875. The van der Waals surface area contributed by atoms with Crippen LogP contribution in [0.25, 0.3) is 0 Å². The maximum Gasteiger partial charge on any atom is 0.412 e. The van der Waals surface area contributed by atoms with Crippen LogP contribution in [0, 0.1) is 0 Å². The average Bonchev–Trinajstić information content (AvgIpc) is 2.72. The molecule has 0 heterocycles. The van der Waals surface area contributed by atoms with Crippen molar-refractivity contribution in [3.8, 4) is 5.75 Å². The summed E-state index contributed by atoms with van der Waals surface area (Å²) in [5.74, 6) is -0.382. The number of halogens is 1. The maximum absolute atomic E-state index is 12.5. The van der Waals surface area contributed by atoms with Gasteiger partial charge in [0.15, 0.2) is 6.10 Å². The van der Waals surface area contributed by atoms with Crippen LogP contribution in [0.15, 0.2) is 53.0 Å². The van der Waals surface area contributed by atoms with Crippen LogP contribution >= 0.6 is 28.6 Å². The Hall–Kier alpha value is -2.23. The fourth-order valence-electron chi connectivity index (χ4n) is 2.55. The molecule has 0 aromatic heterocycles. The second-order valence-electron chi connectivity index (χ2n) is 5.99. The summed E-state index contributed by atoms with van der Waals surface area (Å²) in [6, 6.07) is 13.3. The molecular formula is C20H22BrNO6S.